The van der Waals surface area contributed by atoms with Crippen LogP contribution in [0.2, 0.25) is 0 Å². The number of unbranched alkanes of at least 4 members (excludes halogenated alkanes) is 26. The van der Waals surface area contributed by atoms with Crippen molar-refractivity contribution in [1.82, 2.24) is 0 Å². The van der Waals surface area contributed by atoms with Gasteiger partial charge in [-0.2, -0.15) is 0 Å². The average molecular weight is 1080 g/mol. The van der Waals surface area contributed by atoms with Gasteiger partial charge < -0.3 is 18.9 Å². The van der Waals surface area contributed by atoms with E-state index in [1.807, 2.05) is 21.1 Å². The van der Waals surface area contributed by atoms with Crippen LogP contribution in [-0.4, -0.2) is 74.9 Å². The minimum absolute atomic E-state index is 0.0270. The molecule has 438 valence electrons. The van der Waals surface area contributed by atoms with Crippen LogP contribution >= 0.6 is 7.82 Å². The van der Waals surface area contributed by atoms with Crippen LogP contribution in [0.4, 0.5) is 0 Å². The highest BCUT2D eigenvalue weighted by Gasteiger charge is 2.27. The fourth-order valence-corrected chi connectivity index (χ4v) is 9.09. The molecule has 0 saturated carbocycles. The van der Waals surface area contributed by atoms with Crippen molar-refractivity contribution in [2.75, 3.05) is 47.5 Å². The first-order valence-electron chi connectivity index (χ1n) is 31.0. The molecular formula is C66H117NO8P+. The monoisotopic (exact) mass is 1080 g/mol. The van der Waals surface area contributed by atoms with Gasteiger partial charge in [0.25, 0.3) is 0 Å². The molecule has 0 fully saturated rings. The van der Waals surface area contributed by atoms with E-state index >= 15 is 0 Å². The quantitative estimate of drug-likeness (QED) is 0.0211. The Labute approximate surface area is 468 Å². The topological polar surface area (TPSA) is 108 Å². The fourth-order valence-electron chi connectivity index (χ4n) is 8.34. The number of hydrogen-bond donors (Lipinski definition) is 1. The van der Waals surface area contributed by atoms with Crippen molar-refractivity contribution in [2.24, 2.45) is 0 Å². The lowest BCUT2D eigenvalue weighted by atomic mass is 10.0. The molecule has 0 aromatic rings. The zero-order chi connectivity index (χ0) is 55.6. The summed E-state index contributed by atoms with van der Waals surface area (Å²) < 4.78 is 34.6. The van der Waals surface area contributed by atoms with Crippen molar-refractivity contribution in [3.05, 3.63) is 97.2 Å². The van der Waals surface area contributed by atoms with Crippen molar-refractivity contribution in [3.63, 3.8) is 0 Å². The predicted octanol–water partition coefficient (Wildman–Crippen LogP) is 19.6. The zero-order valence-corrected chi connectivity index (χ0v) is 50.6. The molecule has 1 N–H and O–H groups in total. The standard InChI is InChI=1S/C66H116NO8P/c1-6-8-10-12-14-16-18-20-22-24-26-28-29-30-31-32-33-34-35-36-37-39-41-43-45-47-49-51-53-55-57-59-66(69)75-64(63-74-76(70,71)73-61-60-67(3,4)5)62-72-65(68)58-56-54-52-50-48-46-44-42-40-38-27-25-23-21-19-17-15-13-11-9-7-2/h8,10,14,16,19-22,25-28,30-31,33-34,64H,6-7,9,11-13,15,17-18,23-24,29,32,35-63H2,1-5H3/p+1/b10-8-,16-14-,21-19-,22-20-,27-25-,28-26-,31-30-,34-33-. The number of likely N-dealkylation sites (N-methyl/N-ethyl adjacent to an activating group) is 1. The van der Waals surface area contributed by atoms with E-state index < -0.39 is 26.5 Å². The molecule has 0 rings (SSSR count). The van der Waals surface area contributed by atoms with Gasteiger partial charge in [-0.3, -0.25) is 18.6 Å². The molecule has 0 saturated heterocycles. The van der Waals surface area contributed by atoms with Gasteiger partial charge in [-0.25, -0.2) is 4.57 Å². The van der Waals surface area contributed by atoms with E-state index in [1.165, 1.54) is 141 Å². The molecule has 2 atom stereocenters. The van der Waals surface area contributed by atoms with Crippen LogP contribution in [0.1, 0.15) is 258 Å². The number of carbonyl (C=O) groups excluding carboxylic acids is 2. The van der Waals surface area contributed by atoms with Crippen LogP contribution < -0.4 is 0 Å². The first-order valence-corrected chi connectivity index (χ1v) is 32.5. The van der Waals surface area contributed by atoms with E-state index in [4.69, 9.17) is 18.5 Å². The molecule has 0 aliphatic rings. The summed E-state index contributed by atoms with van der Waals surface area (Å²) in [5.41, 5.74) is 0. The Hall–Kier alpha value is -3.07. The molecule has 0 bridgehead atoms. The number of ether oxygens (including phenoxy) is 2. The molecule has 0 spiro atoms. The van der Waals surface area contributed by atoms with E-state index in [2.05, 4.69) is 111 Å². The normalized spacial score (nSPS) is 13.9. The first-order chi connectivity index (χ1) is 37.0. The minimum Gasteiger partial charge on any atom is -0.462 e. The highest BCUT2D eigenvalue weighted by molar-refractivity contribution is 7.47. The van der Waals surface area contributed by atoms with E-state index in [1.54, 1.807) is 0 Å². The van der Waals surface area contributed by atoms with E-state index in [0.717, 1.165) is 83.5 Å². The molecule has 0 amide bonds. The Bertz CT molecular complexity index is 1600. The first kappa shape index (κ1) is 72.9. The van der Waals surface area contributed by atoms with Crippen LogP contribution in [0.5, 0.6) is 0 Å². The van der Waals surface area contributed by atoms with Crippen LogP contribution in [-0.2, 0) is 32.7 Å². The summed E-state index contributed by atoms with van der Waals surface area (Å²) in [6.45, 7) is 4.31. The summed E-state index contributed by atoms with van der Waals surface area (Å²) in [6, 6.07) is 0. The third-order valence-electron chi connectivity index (χ3n) is 13.1. The summed E-state index contributed by atoms with van der Waals surface area (Å²) >= 11 is 0. The average Bonchev–Trinajstić information content (AvgIpc) is 3.38. The number of allylic oxidation sites excluding steroid dienone is 16. The number of nitrogens with zero attached hydrogens (tertiary/aromatic N) is 1. The number of esters is 2. The largest absolute Gasteiger partial charge is 0.472 e. The number of phosphoric acid groups is 1. The number of rotatable bonds is 56. The van der Waals surface area contributed by atoms with Crippen LogP contribution in [0.15, 0.2) is 97.2 Å². The number of phosphoric ester groups is 1. The van der Waals surface area contributed by atoms with Crippen LogP contribution in [0.3, 0.4) is 0 Å². The highest BCUT2D eigenvalue weighted by atomic mass is 31.2. The fraction of sp³-hybridized carbons (Fsp3) is 0.727. The predicted molar refractivity (Wildman–Crippen MR) is 325 cm³/mol. The summed E-state index contributed by atoms with van der Waals surface area (Å²) in [5.74, 6) is -0.803. The maximum absolute atomic E-state index is 12.8. The van der Waals surface area contributed by atoms with Gasteiger partial charge in [0.1, 0.15) is 19.8 Å². The maximum Gasteiger partial charge on any atom is 0.472 e. The highest BCUT2D eigenvalue weighted by Crippen LogP contribution is 2.43. The zero-order valence-electron chi connectivity index (χ0n) is 49.7. The SMILES string of the molecule is CC/C=C\C/C=C\C/C=C\C/C=C\C/C=C\C/C=C\CCCCCCCCCCCCCCC(=O)OC(COC(=O)CCCCCCCCCCC/C=C\C/C=C\CCCCCCC)COP(=O)(O)OCC[N+](C)(C)C. The molecule has 0 heterocycles. The van der Waals surface area contributed by atoms with E-state index in [9.17, 15) is 19.0 Å². The van der Waals surface area contributed by atoms with Crippen molar-refractivity contribution < 1.29 is 42.1 Å². The van der Waals surface area contributed by atoms with Gasteiger partial charge >= 0.3 is 19.8 Å². The second-order valence-corrected chi connectivity index (χ2v) is 23.2. The Morgan fingerprint density at radius 2 is 0.750 bits per heavy atom. The summed E-state index contributed by atoms with van der Waals surface area (Å²) in [6.07, 6.45) is 77.6. The summed E-state index contributed by atoms with van der Waals surface area (Å²) in [4.78, 5) is 35.8. The molecule has 9 nitrogen and oxygen atoms in total. The lowest BCUT2D eigenvalue weighted by Gasteiger charge is -2.24. The summed E-state index contributed by atoms with van der Waals surface area (Å²) in [7, 11) is 1.47. The van der Waals surface area contributed by atoms with Gasteiger partial charge in [-0.1, -0.05) is 246 Å². The lowest BCUT2D eigenvalue weighted by Crippen LogP contribution is -2.37. The van der Waals surface area contributed by atoms with Gasteiger partial charge in [0, 0.05) is 12.8 Å². The summed E-state index contributed by atoms with van der Waals surface area (Å²) in [5, 5.41) is 0. The maximum atomic E-state index is 12.8. The molecule has 0 aliphatic carbocycles. The van der Waals surface area contributed by atoms with Crippen molar-refractivity contribution in [2.45, 2.75) is 264 Å². The van der Waals surface area contributed by atoms with Gasteiger partial charge in [0.05, 0.1) is 27.7 Å². The van der Waals surface area contributed by atoms with Crippen LogP contribution in [0, 0.1) is 0 Å². The molecule has 0 aliphatic heterocycles. The van der Waals surface area contributed by atoms with Crippen molar-refractivity contribution >= 4 is 19.8 Å². The van der Waals surface area contributed by atoms with Gasteiger partial charge in [0.2, 0.25) is 0 Å². The number of hydrogen-bond acceptors (Lipinski definition) is 7. The Kier molecular flexibility index (Phi) is 54.4. The van der Waals surface area contributed by atoms with E-state index in [0.29, 0.717) is 17.4 Å². The molecule has 0 aromatic carbocycles. The Balaban J connectivity index is 4.14. The molecule has 0 radical (unpaired) electrons. The minimum atomic E-state index is -4.39. The molecule has 0 aromatic heterocycles. The third-order valence-corrected chi connectivity index (χ3v) is 14.1. The second-order valence-electron chi connectivity index (χ2n) is 21.7. The van der Waals surface area contributed by atoms with Crippen molar-refractivity contribution in [3.8, 4) is 0 Å². The lowest BCUT2D eigenvalue weighted by molar-refractivity contribution is -0.870. The second kappa shape index (κ2) is 56.6. The Morgan fingerprint density at radius 3 is 1.12 bits per heavy atom. The molecule has 76 heavy (non-hydrogen) atoms. The van der Waals surface area contributed by atoms with Gasteiger partial charge in [-0.05, 0) is 96.3 Å². The third kappa shape index (κ3) is 60.2. The number of carbonyl (C=O) groups is 2. The van der Waals surface area contributed by atoms with E-state index in [-0.39, 0.29) is 32.0 Å². The molecule has 2 unspecified atom stereocenters. The van der Waals surface area contributed by atoms with Crippen molar-refractivity contribution in [1.29, 1.82) is 0 Å². The molecular weight excluding hydrogens is 966 g/mol. The smallest absolute Gasteiger partial charge is 0.462 e. The van der Waals surface area contributed by atoms with Gasteiger partial charge in [0.15, 0.2) is 6.10 Å². The number of quaternary nitrogens is 1. The van der Waals surface area contributed by atoms with Crippen LogP contribution in [0.25, 0.3) is 0 Å². The van der Waals surface area contributed by atoms with Gasteiger partial charge in [-0.15, -0.1) is 0 Å². The Morgan fingerprint density at radius 1 is 0.421 bits per heavy atom. The molecule has 10 heteroatoms.